The third kappa shape index (κ3) is 4.16. The lowest BCUT2D eigenvalue weighted by Gasteiger charge is -2.06. The molecule has 1 rings (SSSR count). The van der Waals surface area contributed by atoms with Gasteiger partial charge < -0.3 is 15.4 Å². The summed E-state index contributed by atoms with van der Waals surface area (Å²) in [4.78, 5) is 15.3. The van der Waals surface area contributed by atoms with Crippen molar-refractivity contribution in [3.8, 4) is 5.88 Å². The number of hydrogen-bond acceptors (Lipinski definition) is 4. The Labute approximate surface area is 95.2 Å². The second kappa shape index (κ2) is 6.66. The molecule has 16 heavy (non-hydrogen) atoms. The van der Waals surface area contributed by atoms with Crippen molar-refractivity contribution in [2.24, 2.45) is 0 Å². The summed E-state index contributed by atoms with van der Waals surface area (Å²) in [6, 6.07) is 5.45. The van der Waals surface area contributed by atoms with Crippen molar-refractivity contribution in [3.05, 3.63) is 18.2 Å². The molecule has 0 unspecified atom stereocenters. The van der Waals surface area contributed by atoms with Crippen molar-refractivity contribution in [2.45, 2.75) is 13.3 Å². The Balaban J connectivity index is 2.34. The highest BCUT2D eigenvalue weighted by atomic mass is 16.5. The third-order valence-corrected chi connectivity index (χ3v) is 1.96. The summed E-state index contributed by atoms with van der Waals surface area (Å²) < 4.78 is 4.99. The molecule has 0 atom stereocenters. The second-order valence-electron chi connectivity index (χ2n) is 3.20. The van der Waals surface area contributed by atoms with Gasteiger partial charge in [-0.15, -0.1) is 0 Å². The molecule has 5 nitrogen and oxygen atoms in total. The minimum absolute atomic E-state index is 0.0397. The van der Waals surface area contributed by atoms with Gasteiger partial charge in [0.15, 0.2) is 0 Å². The molecular weight excluding hydrogens is 206 g/mol. The summed E-state index contributed by atoms with van der Waals surface area (Å²) in [6.07, 6.45) is 0.437. The van der Waals surface area contributed by atoms with Crippen molar-refractivity contribution < 1.29 is 9.53 Å². The lowest BCUT2D eigenvalue weighted by molar-refractivity contribution is -0.120. The van der Waals surface area contributed by atoms with Crippen LogP contribution in [0.15, 0.2) is 18.2 Å². The molecule has 0 aliphatic rings. The van der Waals surface area contributed by atoms with E-state index in [1.54, 1.807) is 13.2 Å². The highest BCUT2D eigenvalue weighted by molar-refractivity contribution is 5.76. The van der Waals surface area contributed by atoms with Crippen molar-refractivity contribution in [1.29, 1.82) is 0 Å². The molecule has 0 aliphatic heterocycles. The van der Waals surface area contributed by atoms with Gasteiger partial charge in [-0.25, -0.2) is 0 Å². The molecule has 0 aromatic carbocycles. The van der Waals surface area contributed by atoms with Crippen LogP contribution in [-0.4, -0.2) is 31.1 Å². The lowest BCUT2D eigenvalue weighted by Crippen LogP contribution is -2.24. The number of nitrogens with one attached hydrogen (secondary N) is 2. The van der Waals surface area contributed by atoms with E-state index in [1.807, 2.05) is 19.1 Å². The standard InChI is InChI=1S/C11H17N3O2/c1-3-12-10(15)7-8-13-9-5-4-6-11(14-9)16-2/h4-6H,3,7-8H2,1-2H3,(H,12,15)(H,13,14). The largest absolute Gasteiger partial charge is 0.481 e. The van der Waals surface area contributed by atoms with E-state index in [4.69, 9.17) is 4.74 Å². The van der Waals surface area contributed by atoms with Crippen molar-refractivity contribution in [2.75, 3.05) is 25.5 Å². The molecule has 0 saturated heterocycles. The molecule has 1 aromatic heterocycles. The van der Waals surface area contributed by atoms with Crippen LogP contribution in [0.5, 0.6) is 5.88 Å². The number of carbonyl (C=O) groups excluding carboxylic acids is 1. The molecule has 1 amide bonds. The van der Waals surface area contributed by atoms with Gasteiger partial charge in [-0.05, 0) is 13.0 Å². The molecule has 88 valence electrons. The predicted molar refractivity (Wildman–Crippen MR) is 62.6 cm³/mol. The molecular formula is C11H17N3O2. The maximum Gasteiger partial charge on any atom is 0.221 e. The van der Waals surface area contributed by atoms with Crippen LogP contribution in [-0.2, 0) is 4.79 Å². The predicted octanol–water partition coefficient (Wildman–Crippen LogP) is 1.03. The van der Waals surface area contributed by atoms with Gasteiger partial charge in [0.05, 0.1) is 7.11 Å². The van der Waals surface area contributed by atoms with Crippen molar-refractivity contribution >= 4 is 11.7 Å². The average Bonchev–Trinajstić information content (AvgIpc) is 2.30. The van der Waals surface area contributed by atoms with Gasteiger partial charge in [-0.3, -0.25) is 4.79 Å². The fourth-order valence-corrected chi connectivity index (χ4v) is 1.22. The van der Waals surface area contributed by atoms with Gasteiger partial charge in [0.2, 0.25) is 11.8 Å². The maximum atomic E-state index is 11.2. The Morgan fingerprint density at radius 1 is 1.50 bits per heavy atom. The minimum Gasteiger partial charge on any atom is -0.481 e. The van der Waals surface area contributed by atoms with E-state index in [2.05, 4.69) is 15.6 Å². The topological polar surface area (TPSA) is 63.2 Å². The van der Waals surface area contributed by atoms with Crippen LogP contribution in [0, 0.1) is 0 Å². The number of amides is 1. The number of pyridine rings is 1. The Morgan fingerprint density at radius 3 is 3.00 bits per heavy atom. The highest BCUT2D eigenvalue weighted by Crippen LogP contribution is 2.10. The summed E-state index contributed by atoms with van der Waals surface area (Å²) >= 11 is 0. The Bertz CT molecular complexity index is 342. The number of rotatable bonds is 6. The fraction of sp³-hybridized carbons (Fsp3) is 0.455. The van der Waals surface area contributed by atoms with E-state index in [0.29, 0.717) is 31.2 Å². The normalized spacial score (nSPS) is 9.62. The van der Waals surface area contributed by atoms with Crippen molar-refractivity contribution in [1.82, 2.24) is 10.3 Å². The maximum absolute atomic E-state index is 11.2. The molecule has 0 spiro atoms. The van der Waals surface area contributed by atoms with E-state index in [0.717, 1.165) is 0 Å². The molecule has 1 heterocycles. The molecule has 5 heteroatoms. The van der Waals surface area contributed by atoms with Gasteiger partial charge in [0.1, 0.15) is 5.82 Å². The van der Waals surface area contributed by atoms with Crippen molar-refractivity contribution in [3.63, 3.8) is 0 Å². The van der Waals surface area contributed by atoms with E-state index < -0.39 is 0 Å². The van der Waals surface area contributed by atoms with Crippen LogP contribution < -0.4 is 15.4 Å². The zero-order valence-corrected chi connectivity index (χ0v) is 9.62. The Morgan fingerprint density at radius 2 is 2.31 bits per heavy atom. The number of aromatic nitrogens is 1. The smallest absolute Gasteiger partial charge is 0.221 e. The first-order chi connectivity index (χ1) is 7.76. The SMILES string of the molecule is CCNC(=O)CCNc1cccc(OC)n1. The monoisotopic (exact) mass is 223 g/mol. The summed E-state index contributed by atoms with van der Waals surface area (Å²) in [5.41, 5.74) is 0. The van der Waals surface area contributed by atoms with E-state index in [-0.39, 0.29) is 5.91 Å². The first-order valence-electron chi connectivity index (χ1n) is 5.28. The number of nitrogens with zero attached hydrogens (tertiary/aromatic N) is 1. The number of anilines is 1. The zero-order chi connectivity index (χ0) is 11.8. The quantitative estimate of drug-likeness (QED) is 0.756. The molecule has 0 aliphatic carbocycles. The van der Waals surface area contributed by atoms with Crippen LogP contribution in [0.4, 0.5) is 5.82 Å². The van der Waals surface area contributed by atoms with Crippen LogP contribution in [0.2, 0.25) is 0 Å². The van der Waals surface area contributed by atoms with Crippen LogP contribution in [0.1, 0.15) is 13.3 Å². The fourth-order valence-electron chi connectivity index (χ4n) is 1.22. The number of ether oxygens (including phenoxy) is 1. The second-order valence-corrected chi connectivity index (χ2v) is 3.20. The van der Waals surface area contributed by atoms with Crippen LogP contribution in [0.3, 0.4) is 0 Å². The van der Waals surface area contributed by atoms with E-state index >= 15 is 0 Å². The molecule has 0 bridgehead atoms. The van der Waals surface area contributed by atoms with Gasteiger partial charge in [0.25, 0.3) is 0 Å². The summed E-state index contributed by atoms with van der Waals surface area (Å²) in [6.45, 7) is 3.12. The highest BCUT2D eigenvalue weighted by Gasteiger charge is 2.00. The average molecular weight is 223 g/mol. The summed E-state index contributed by atoms with van der Waals surface area (Å²) in [7, 11) is 1.57. The van der Waals surface area contributed by atoms with E-state index in [9.17, 15) is 4.79 Å². The number of hydrogen-bond donors (Lipinski definition) is 2. The number of carbonyl (C=O) groups is 1. The van der Waals surface area contributed by atoms with Gasteiger partial charge in [-0.1, -0.05) is 6.07 Å². The zero-order valence-electron chi connectivity index (χ0n) is 9.62. The summed E-state index contributed by atoms with van der Waals surface area (Å²) in [5.74, 6) is 1.31. The lowest BCUT2D eigenvalue weighted by atomic mass is 10.4. The van der Waals surface area contributed by atoms with Crippen LogP contribution in [0.25, 0.3) is 0 Å². The molecule has 2 N–H and O–H groups in total. The van der Waals surface area contributed by atoms with Gasteiger partial charge in [0, 0.05) is 25.6 Å². The third-order valence-electron chi connectivity index (χ3n) is 1.96. The molecule has 0 saturated carbocycles. The summed E-state index contributed by atoms with van der Waals surface area (Å²) in [5, 5.41) is 5.79. The first-order valence-corrected chi connectivity index (χ1v) is 5.28. The molecule has 1 aromatic rings. The van der Waals surface area contributed by atoms with Gasteiger partial charge >= 0.3 is 0 Å². The van der Waals surface area contributed by atoms with Crippen LogP contribution >= 0.6 is 0 Å². The molecule has 0 fully saturated rings. The van der Waals surface area contributed by atoms with E-state index in [1.165, 1.54) is 0 Å². The minimum atomic E-state index is 0.0397. The Hall–Kier alpha value is -1.78. The number of methoxy groups -OCH3 is 1. The Kier molecular flexibility index (Phi) is 5.11. The first kappa shape index (κ1) is 12.3. The van der Waals surface area contributed by atoms with Gasteiger partial charge in [-0.2, -0.15) is 4.98 Å². The molecule has 0 radical (unpaired) electrons.